The zero-order valence-corrected chi connectivity index (χ0v) is 12.8. The number of nitrogens with one attached hydrogen (secondary N) is 1. The number of unbranched alkanes of at least 4 members (excludes halogenated alkanes) is 2. The van der Waals surface area contributed by atoms with Crippen LogP contribution >= 0.6 is 11.6 Å². The maximum Gasteiger partial charge on any atom is 0.263 e. The fourth-order valence-corrected chi connectivity index (χ4v) is 2.10. The van der Waals surface area contributed by atoms with Gasteiger partial charge >= 0.3 is 0 Å². The molecule has 0 saturated carbocycles. The van der Waals surface area contributed by atoms with Crippen molar-refractivity contribution in [1.29, 1.82) is 0 Å². The molecule has 1 amide bonds. The van der Waals surface area contributed by atoms with Gasteiger partial charge in [-0.25, -0.2) is 4.98 Å². The van der Waals surface area contributed by atoms with Crippen LogP contribution in [0.5, 0.6) is 0 Å². The summed E-state index contributed by atoms with van der Waals surface area (Å²) in [6.45, 7) is 0. The first-order valence-electron chi connectivity index (χ1n) is 7.13. The van der Waals surface area contributed by atoms with Gasteiger partial charge in [-0.2, -0.15) is 0 Å². The van der Waals surface area contributed by atoms with Crippen LogP contribution in [0.3, 0.4) is 0 Å². The first kappa shape index (κ1) is 16.2. The van der Waals surface area contributed by atoms with E-state index >= 15 is 0 Å². The number of rotatable bonds is 8. The third-order valence-electron chi connectivity index (χ3n) is 3.11. The van der Waals surface area contributed by atoms with Crippen molar-refractivity contribution in [2.75, 3.05) is 5.32 Å². The lowest BCUT2D eigenvalue weighted by molar-refractivity contribution is -0.116. The highest BCUT2D eigenvalue weighted by atomic mass is 35.5. The number of ketones is 1. The van der Waals surface area contributed by atoms with Crippen LogP contribution in [-0.4, -0.2) is 16.7 Å². The van der Waals surface area contributed by atoms with E-state index in [-0.39, 0.29) is 17.6 Å². The molecule has 6 heteroatoms. The first-order valence-corrected chi connectivity index (χ1v) is 7.51. The monoisotopic (exact) mass is 320 g/mol. The number of halogens is 1. The molecule has 1 aromatic carbocycles. The van der Waals surface area contributed by atoms with Gasteiger partial charge in [0.1, 0.15) is 6.26 Å². The Morgan fingerprint density at radius 1 is 1.09 bits per heavy atom. The van der Waals surface area contributed by atoms with Crippen molar-refractivity contribution in [3.05, 3.63) is 47.6 Å². The Kier molecular flexibility index (Phi) is 6.15. The number of carbonyl (C=O) groups is 2. The van der Waals surface area contributed by atoms with Crippen molar-refractivity contribution in [3.8, 4) is 0 Å². The Hall–Kier alpha value is -2.14. The second-order valence-corrected chi connectivity index (χ2v) is 5.31. The predicted molar refractivity (Wildman–Crippen MR) is 84.0 cm³/mol. The van der Waals surface area contributed by atoms with Crippen molar-refractivity contribution in [2.45, 2.75) is 32.1 Å². The van der Waals surface area contributed by atoms with E-state index < -0.39 is 0 Å². The Morgan fingerprint density at radius 2 is 1.82 bits per heavy atom. The largest absolute Gasteiger partial charge is 0.442 e. The number of Topliss-reactive ketones (excluding diaryl/α,β-unsaturated/α-hetero) is 1. The number of aromatic nitrogens is 1. The van der Waals surface area contributed by atoms with Crippen molar-refractivity contribution >= 4 is 29.0 Å². The molecule has 1 aromatic heterocycles. The summed E-state index contributed by atoms with van der Waals surface area (Å²) in [6.07, 6.45) is 5.91. The summed E-state index contributed by atoms with van der Waals surface area (Å²) in [5.74, 6) is 0.0115. The first-order chi connectivity index (χ1) is 10.6. The topological polar surface area (TPSA) is 72.2 Å². The molecule has 2 aromatic rings. The highest BCUT2D eigenvalue weighted by Gasteiger charge is 2.10. The number of hydrogen-bond acceptors (Lipinski definition) is 4. The molecule has 0 aliphatic rings. The van der Waals surface area contributed by atoms with E-state index in [1.165, 1.54) is 12.5 Å². The standard InChI is InChI=1S/C16H17ClN2O3/c17-12-6-8-13(9-7-12)19-15(21)5-3-1-2-4-14(20)16-18-10-11-22-16/h6-11H,1-5H2,(H,19,21). The maximum absolute atomic E-state index is 11.7. The van der Waals surface area contributed by atoms with Gasteiger partial charge in [0.15, 0.2) is 0 Å². The lowest BCUT2D eigenvalue weighted by Gasteiger charge is -2.05. The summed E-state index contributed by atoms with van der Waals surface area (Å²) in [5, 5.41) is 3.43. The highest BCUT2D eigenvalue weighted by Crippen LogP contribution is 2.14. The van der Waals surface area contributed by atoms with E-state index in [0.29, 0.717) is 17.9 Å². The van der Waals surface area contributed by atoms with Gasteiger partial charge in [0.2, 0.25) is 11.7 Å². The maximum atomic E-state index is 11.7. The van der Waals surface area contributed by atoms with Crippen LogP contribution in [0.4, 0.5) is 5.69 Å². The van der Waals surface area contributed by atoms with Gasteiger partial charge in [-0.1, -0.05) is 18.0 Å². The van der Waals surface area contributed by atoms with E-state index in [9.17, 15) is 9.59 Å². The summed E-state index contributed by atoms with van der Waals surface area (Å²) < 4.78 is 4.93. The number of anilines is 1. The van der Waals surface area contributed by atoms with Gasteiger partial charge < -0.3 is 9.73 Å². The molecule has 0 atom stereocenters. The SMILES string of the molecule is O=C(CCCCCC(=O)c1ncco1)Nc1ccc(Cl)cc1. The molecule has 0 bridgehead atoms. The van der Waals surface area contributed by atoms with E-state index in [1.54, 1.807) is 24.3 Å². The smallest absolute Gasteiger partial charge is 0.263 e. The van der Waals surface area contributed by atoms with E-state index in [2.05, 4.69) is 10.3 Å². The van der Waals surface area contributed by atoms with Crippen LogP contribution in [0.15, 0.2) is 41.1 Å². The number of benzene rings is 1. The Labute approximate surface area is 133 Å². The third-order valence-corrected chi connectivity index (χ3v) is 3.36. The quantitative estimate of drug-likeness (QED) is 0.587. The van der Waals surface area contributed by atoms with Crippen LogP contribution in [0, 0.1) is 0 Å². The fraction of sp³-hybridized carbons (Fsp3) is 0.312. The highest BCUT2D eigenvalue weighted by molar-refractivity contribution is 6.30. The number of hydrogen-bond donors (Lipinski definition) is 1. The van der Waals surface area contributed by atoms with E-state index in [4.69, 9.17) is 16.0 Å². The van der Waals surface area contributed by atoms with Crippen molar-refractivity contribution in [2.24, 2.45) is 0 Å². The predicted octanol–water partition coefficient (Wildman–Crippen LogP) is 4.10. The summed E-state index contributed by atoms with van der Waals surface area (Å²) in [5.41, 5.74) is 0.730. The number of amides is 1. The van der Waals surface area contributed by atoms with Crippen molar-refractivity contribution in [3.63, 3.8) is 0 Å². The van der Waals surface area contributed by atoms with Crippen LogP contribution in [0.25, 0.3) is 0 Å². The van der Waals surface area contributed by atoms with Gasteiger partial charge in [0.05, 0.1) is 6.20 Å². The molecule has 0 radical (unpaired) electrons. The molecule has 116 valence electrons. The molecule has 0 fully saturated rings. The van der Waals surface area contributed by atoms with Gasteiger partial charge in [0, 0.05) is 23.6 Å². The van der Waals surface area contributed by atoms with E-state index in [1.807, 2.05) is 0 Å². The van der Waals surface area contributed by atoms with Gasteiger partial charge in [0.25, 0.3) is 5.89 Å². The Bertz CT molecular complexity index is 609. The van der Waals surface area contributed by atoms with Crippen molar-refractivity contribution < 1.29 is 14.0 Å². The van der Waals surface area contributed by atoms with Gasteiger partial charge in [-0.15, -0.1) is 0 Å². The molecule has 22 heavy (non-hydrogen) atoms. The zero-order chi connectivity index (χ0) is 15.8. The zero-order valence-electron chi connectivity index (χ0n) is 12.0. The normalized spacial score (nSPS) is 10.4. The van der Waals surface area contributed by atoms with Gasteiger partial charge in [-0.3, -0.25) is 9.59 Å². The lowest BCUT2D eigenvalue weighted by atomic mass is 10.1. The molecule has 0 spiro atoms. The Morgan fingerprint density at radius 3 is 2.50 bits per heavy atom. The third kappa shape index (κ3) is 5.33. The van der Waals surface area contributed by atoms with Gasteiger partial charge in [-0.05, 0) is 37.1 Å². The number of oxazole rings is 1. The molecule has 2 rings (SSSR count). The molecule has 5 nitrogen and oxygen atoms in total. The molecule has 0 saturated heterocycles. The van der Waals surface area contributed by atoms with Crippen LogP contribution < -0.4 is 5.32 Å². The van der Waals surface area contributed by atoms with Crippen LogP contribution in [0.2, 0.25) is 5.02 Å². The summed E-state index contributed by atoms with van der Waals surface area (Å²) >= 11 is 5.78. The Balaban J connectivity index is 1.59. The summed E-state index contributed by atoms with van der Waals surface area (Å²) in [6, 6.07) is 6.97. The molecule has 0 aliphatic carbocycles. The van der Waals surface area contributed by atoms with Crippen LogP contribution in [0.1, 0.15) is 42.8 Å². The van der Waals surface area contributed by atoms with Crippen molar-refractivity contribution in [1.82, 2.24) is 4.98 Å². The summed E-state index contributed by atoms with van der Waals surface area (Å²) in [4.78, 5) is 27.2. The average Bonchev–Trinajstić information content (AvgIpc) is 3.03. The van der Waals surface area contributed by atoms with Crippen LogP contribution in [-0.2, 0) is 4.79 Å². The molecule has 1 heterocycles. The average molecular weight is 321 g/mol. The summed E-state index contributed by atoms with van der Waals surface area (Å²) in [7, 11) is 0. The molecule has 0 aliphatic heterocycles. The molecular formula is C16H17ClN2O3. The second kappa shape index (κ2) is 8.34. The lowest BCUT2D eigenvalue weighted by Crippen LogP contribution is -2.11. The minimum atomic E-state index is -0.101. The molecule has 1 N–H and O–H groups in total. The number of carbonyl (C=O) groups excluding carboxylic acids is 2. The number of nitrogens with zero attached hydrogens (tertiary/aromatic N) is 1. The second-order valence-electron chi connectivity index (χ2n) is 4.88. The molecule has 0 unspecified atom stereocenters. The molecular weight excluding hydrogens is 304 g/mol. The van der Waals surface area contributed by atoms with E-state index in [0.717, 1.165) is 24.9 Å². The fourth-order valence-electron chi connectivity index (χ4n) is 1.97. The minimum Gasteiger partial charge on any atom is -0.442 e. The minimum absolute atomic E-state index is 0.0404.